The minimum atomic E-state index is -0.230. The van der Waals surface area contributed by atoms with Gasteiger partial charge in [0.1, 0.15) is 18.1 Å². The molecular formula is C24H23Cl2NO3. The molecule has 0 aliphatic heterocycles. The number of aryl methyl sites for hydroxylation is 1. The molecule has 3 aromatic carbocycles. The molecule has 1 N–H and O–H groups in total. The summed E-state index contributed by atoms with van der Waals surface area (Å²) in [5, 5.41) is 4.20. The molecule has 0 heterocycles. The Morgan fingerprint density at radius 3 is 2.50 bits per heavy atom. The molecule has 0 saturated carbocycles. The summed E-state index contributed by atoms with van der Waals surface area (Å²) in [5.41, 5.74) is 3.71. The zero-order chi connectivity index (χ0) is 21.7. The second kappa shape index (κ2) is 9.88. The number of hydrogen-bond acceptors (Lipinski definition) is 3. The minimum absolute atomic E-state index is 0.230. The maximum atomic E-state index is 12.8. The molecule has 0 unspecified atom stereocenters. The topological polar surface area (TPSA) is 47.6 Å². The molecule has 0 aliphatic rings. The zero-order valence-corrected chi connectivity index (χ0v) is 18.6. The van der Waals surface area contributed by atoms with Crippen LogP contribution in [0.15, 0.2) is 54.6 Å². The van der Waals surface area contributed by atoms with E-state index in [1.54, 1.807) is 36.4 Å². The predicted octanol–water partition coefficient (Wildman–Crippen LogP) is 6.84. The van der Waals surface area contributed by atoms with Crippen LogP contribution in [-0.2, 0) is 6.61 Å². The van der Waals surface area contributed by atoms with Gasteiger partial charge in [-0.3, -0.25) is 4.79 Å². The van der Waals surface area contributed by atoms with Gasteiger partial charge in [0.15, 0.2) is 0 Å². The average Bonchev–Trinajstić information content (AvgIpc) is 2.73. The van der Waals surface area contributed by atoms with Gasteiger partial charge in [0.05, 0.1) is 6.61 Å². The van der Waals surface area contributed by atoms with E-state index in [1.165, 1.54) is 0 Å². The third kappa shape index (κ3) is 5.26. The average molecular weight is 444 g/mol. The molecule has 3 aromatic rings. The van der Waals surface area contributed by atoms with Gasteiger partial charge in [0, 0.05) is 26.9 Å². The summed E-state index contributed by atoms with van der Waals surface area (Å²) in [6.45, 7) is 6.47. The summed E-state index contributed by atoms with van der Waals surface area (Å²) < 4.78 is 11.6. The van der Waals surface area contributed by atoms with Gasteiger partial charge in [0.2, 0.25) is 0 Å². The van der Waals surface area contributed by atoms with Crippen LogP contribution in [-0.4, -0.2) is 12.5 Å². The molecular weight excluding hydrogens is 421 g/mol. The van der Waals surface area contributed by atoms with Crippen LogP contribution in [0, 0.1) is 13.8 Å². The summed E-state index contributed by atoms with van der Waals surface area (Å²) in [7, 11) is 0. The van der Waals surface area contributed by atoms with Crippen LogP contribution in [0.3, 0.4) is 0 Å². The molecule has 0 aliphatic carbocycles. The first kappa shape index (κ1) is 22.0. The second-order valence-corrected chi connectivity index (χ2v) is 7.64. The van der Waals surface area contributed by atoms with Gasteiger partial charge in [-0.25, -0.2) is 0 Å². The monoisotopic (exact) mass is 443 g/mol. The zero-order valence-electron chi connectivity index (χ0n) is 17.1. The fourth-order valence-electron chi connectivity index (χ4n) is 2.94. The van der Waals surface area contributed by atoms with E-state index in [0.29, 0.717) is 39.4 Å². The Labute approximate surface area is 186 Å². The molecule has 0 spiro atoms. The predicted molar refractivity (Wildman–Crippen MR) is 122 cm³/mol. The van der Waals surface area contributed by atoms with Crippen LogP contribution in [0.5, 0.6) is 11.5 Å². The Hall–Kier alpha value is -2.69. The first-order valence-corrected chi connectivity index (χ1v) is 10.4. The van der Waals surface area contributed by atoms with Crippen molar-refractivity contribution in [1.82, 2.24) is 0 Å². The highest BCUT2D eigenvalue weighted by Gasteiger charge is 2.13. The SMILES string of the molecule is CCOc1ccc(C(=O)Nc2cccc(Cl)c2C)cc1COc1ccc(Cl)c(C)c1. The van der Waals surface area contributed by atoms with Crippen LogP contribution in [0.1, 0.15) is 34.0 Å². The van der Waals surface area contributed by atoms with Crippen LogP contribution in [0.2, 0.25) is 10.0 Å². The van der Waals surface area contributed by atoms with E-state index in [9.17, 15) is 4.79 Å². The second-order valence-electron chi connectivity index (χ2n) is 6.82. The Kier molecular flexibility index (Phi) is 7.24. The van der Waals surface area contributed by atoms with E-state index >= 15 is 0 Å². The fourth-order valence-corrected chi connectivity index (χ4v) is 3.23. The van der Waals surface area contributed by atoms with E-state index < -0.39 is 0 Å². The van der Waals surface area contributed by atoms with Crippen molar-refractivity contribution in [2.45, 2.75) is 27.4 Å². The van der Waals surface area contributed by atoms with Crippen molar-refractivity contribution in [3.63, 3.8) is 0 Å². The number of nitrogens with one attached hydrogen (secondary N) is 1. The van der Waals surface area contributed by atoms with Crippen molar-refractivity contribution in [3.8, 4) is 11.5 Å². The van der Waals surface area contributed by atoms with Crippen molar-refractivity contribution in [2.75, 3.05) is 11.9 Å². The molecule has 0 atom stereocenters. The number of halogens is 2. The molecule has 0 saturated heterocycles. The quantitative estimate of drug-likeness (QED) is 0.434. The smallest absolute Gasteiger partial charge is 0.255 e. The molecule has 0 radical (unpaired) electrons. The maximum Gasteiger partial charge on any atom is 0.255 e. The summed E-state index contributed by atoms with van der Waals surface area (Å²) in [5.74, 6) is 1.15. The normalized spacial score (nSPS) is 10.6. The van der Waals surface area contributed by atoms with Crippen molar-refractivity contribution in [3.05, 3.63) is 86.9 Å². The van der Waals surface area contributed by atoms with Crippen LogP contribution < -0.4 is 14.8 Å². The van der Waals surface area contributed by atoms with Gasteiger partial charge in [-0.05, 0) is 80.4 Å². The Bertz CT molecular complexity index is 1070. The molecule has 1 amide bonds. The van der Waals surface area contributed by atoms with Crippen LogP contribution >= 0.6 is 23.2 Å². The van der Waals surface area contributed by atoms with Crippen LogP contribution in [0.25, 0.3) is 0 Å². The van der Waals surface area contributed by atoms with E-state index in [0.717, 1.165) is 16.7 Å². The number of carbonyl (C=O) groups excluding carboxylic acids is 1. The van der Waals surface area contributed by atoms with Crippen molar-refractivity contribution in [2.24, 2.45) is 0 Å². The van der Waals surface area contributed by atoms with Crippen molar-refractivity contribution >= 4 is 34.8 Å². The van der Waals surface area contributed by atoms with E-state index in [2.05, 4.69) is 5.32 Å². The first-order valence-electron chi connectivity index (χ1n) is 9.60. The highest BCUT2D eigenvalue weighted by atomic mass is 35.5. The third-order valence-electron chi connectivity index (χ3n) is 4.66. The van der Waals surface area contributed by atoms with Gasteiger partial charge >= 0.3 is 0 Å². The van der Waals surface area contributed by atoms with Gasteiger partial charge in [-0.2, -0.15) is 0 Å². The minimum Gasteiger partial charge on any atom is -0.493 e. The summed E-state index contributed by atoms with van der Waals surface area (Å²) in [6, 6.07) is 16.2. The van der Waals surface area contributed by atoms with Gasteiger partial charge in [-0.1, -0.05) is 29.3 Å². The Morgan fingerprint density at radius 1 is 0.967 bits per heavy atom. The molecule has 0 aromatic heterocycles. The number of anilines is 1. The summed E-state index contributed by atoms with van der Waals surface area (Å²) in [6.07, 6.45) is 0. The number of carbonyl (C=O) groups is 1. The summed E-state index contributed by atoms with van der Waals surface area (Å²) >= 11 is 12.2. The molecule has 30 heavy (non-hydrogen) atoms. The standard InChI is InChI=1S/C24H23Cl2NO3/c1-4-29-23-11-8-17(24(28)27-22-7-5-6-21(26)16(22)3)13-18(23)14-30-19-9-10-20(25)15(2)12-19/h5-13H,4,14H2,1-3H3,(H,27,28). The van der Waals surface area contributed by atoms with Gasteiger partial charge in [0.25, 0.3) is 5.91 Å². The lowest BCUT2D eigenvalue weighted by atomic mass is 10.1. The van der Waals surface area contributed by atoms with Crippen molar-refractivity contribution in [1.29, 1.82) is 0 Å². The summed E-state index contributed by atoms with van der Waals surface area (Å²) in [4.78, 5) is 12.8. The third-order valence-corrected chi connectivity index (χ3v) is 5.50. The fraction of sp³-hybridized carbons (Fsp3) is 0.208. The highest BCUT2D eigenvalue weighted by molar-refractivity contribution is 6.32. The highest BCUT2D eigenvalue weighted by Crippen LogP contribution is 2.27. The lowest BCUT2D eigenvalue weighted by Gasteiger charge is -2.14. The maximum absolute atomic E-state index is 12.8. The van der Waals surface area contributed by atoms with Gasteiger partial charge < -0.3 is 14.8 Å². The number of hydrogen-bond donors (Lipinski definition) is 1. The lowest BCUT2D eigenvalue weighted by Crippen LogP contribution is -2.14. The Morgan fingerprint density at radius 2 is 1.77 bits per heavy atom. The molecule has 3 rings (SSSR count). The van der Waals surface area contributed by atoms with Crippen LogP contribution in [0.4, 0.5) is 5.69 Å². The first-order chi connectivity index (χ1) is 14.4. The van der Waals surface area contributed by atoms with Gasteiger partial charge in [-0.15, -0.1) is 0 Å². The van der Waals surface area contributed by atoms with Crippen molar-refractivity contribution < 1.29 is 14.3 Å². The molecule has 0 fully saturated rings. The molecule has 0 bridgehead atoms. The van der Waals surface area contributed by atoms with E-state index in [1.807, 2.05) is 39.0 Å². The Balaban J connectivity index is 1.81. The molecule has 6 heteroatoms. The largest absolute Gasteiger partial charge is 0.493 e. The number of amides is 1. The molecule has 156 valence electrons. The lowest BCUT2D eigenvalue weighted by molar-refractivity contribution is 0.102. The van der Waals surface area contributed by atoms with E-state index in [-0.39, 0.29) is 12.5 Å². The number of ether oxygens (including phenoxy) is 2. The van der Waals surface area contributed by atoms with E-state index in [4.69, 9.17) is 32.7 Å². The molecule has 4 nitrogen and oxygen atoms in total. The number of benzene rings is 3. The number of rotatable bonds is 7.